The number of sulfone groups is 1. The lowest BCUT2D eigenvalue weighted by molar-refractivity contribution is -0.711. The van der Waals surface area contributed by atoms with Crippen LogP contribution in [-0.2, 0) is 9.84 Å². The van der Waals surface area contributed by atoms with Crippen LogP contribution in [0.25, 0.3) is 0 Å². The molecule has 2 aromatic rings. The highest BCUT2D eigenvalue weighted by molar-refractivity contribution is 7.90. The van der Waals surface area contributed by atoms with Crippen molar-refractivity contribution in [3.63, 3.8) is 0 Å². The zero-order chi connectivity index (χ0) is 24.7. The van der Waals surface area contributed by atoms with E-state index in [2.05, 4.69) is 5.32 Å². The Kier molecular flexibility index (Phi) is 6.22. The van der Waals surface area contributed by atoms with Crippen molar-refractivity contribution in [3.8, 4) is 11.5 Å². The first-order valence-electron chi connectivity index (χ1n) is 11.0. The van der Waals surface area contributed by atoms with Gasteiger partial charge in [0.2, 0.25) is 0 Å². The average molecular weight is 488 g/mol. The van der Waals surface area contributed by atoms with E-state index in [9.17, 15) is 22.8 Å². The van der Waals surface area contributed by atoms with E-state index in [4.69, 9.17) is 9.47 Å². The smallest absolute Gasteiger partial charge is 0.433 e. The van der Waals surface area contributed by atoms with Crippen molar-refractivity contribution in [3.05, 3.63) is 59.2 Å². The summed E-state index contributed by atoms with van der Waals surface area (Å²) in [6.45, 7) is 2.09. The van der Waals surface area contributed by atoms with Crippen LogP contribution < -0.4 is 14.8 Å². The van der Waals surface area contributed by atoms with Crippen LogP contribution in [0.1, 0.15) is 52.1 Å². The summed E-state index contributed by atoms with van der Waals surface area (Å²) in [7, 11) is -2.28. The molecular weight excluding hydrogens is 460 g/mol. The van der Waals surface area contributed by atoms with Crippen LogP contribution in [0.3, 0.4) is 0 Å². The van der Waals surface area contributed by atoms with Crippen molar-refractivity contribution in [1.82, 2.24) is 5.32 Å². The summed E-state index contributed by atoms with van der Waals surface area (Å²) < 4.78 is 34.8. The molecule has 1 aliphatic carbocycles. The van der Waals surface area contributed by atoms with Gasteiger partial charge in [-0.25, -0.2) is 22.8 Å². The Morgan fingerprint density at radius 2 is 1.71 bits per heavy atom. The molecule has 1 N–H and O–H groups in total. The second kappa shape index (κ2) is 8.84. The number of nitrogens with zero attached hydrogens (tertiary/aromatic N) is 1. The first-order valence-corrected chi connectivity index (χ1v) is 13.1. The van der Waals surface area contributed by atoms with Gasteiger partial charge in [0.25, 0.3) is 0 Å². The second-order valence-corrected chi connectivity index (χ2v) is 10.7. The maximum Gasteiger partial charge on any atom is 0.433 e. The molecule has 1 heterocycles. The van der Waals surface area contributed by atoms with E-state index in [0.29, 0.717) is 23.7 Å². The third kappa shape index (κ3) is 4.07. The number of methoxy groups -OCH3 is 1. The van der Waals surface area contributed by atoms with Crippen LogP contribution in [0.2, 0.25) is 0 Å². The van der Waals surface area contributed by atoms with Crippen molar-refractivity contribution >= 4 is 27.7 Å². The number of ether oxygens (including phenoxy) is 2. The van der Waals surface area contributed by atoms with Crippen molar-refractivity contribution in [2.75, 3.05) is 25.7 Å². The van der Waals surface area contributed by atoms with Crippen LogP contribution in [-0.4, -0.2) is 62.5 Å². The highest BCUT2D eigenvalue weighted by Crippen LogP contribution is 2.43. The van der Waals surface area contributed by atoms with Crippen LogP contribution in [0.15, 0.2) is 42.5 Å². The number of benzene rings is 2. The normalized spacial score (nSPS) is 17.7. The zero-order valence-corrected chi connectivity index (χ0v) is 20.1. The van der Waals surface area contributed by atoms with Crippen molar-refractivity contribution in [2.45, 2.75) is 31.8 Å². The highest BCUT2D eigenvalue weighted by atomic mass is 32.2. The predicted molar refractivity (Wildman–Crippen MR) is 124 cm³/mol. The monoisotopic (exact) mass is 487 g/mol. The Hall–Kier alpha value is -3.24. The van der Waals surface area contributed by atoms with Gasteiger partial charge < -0.3 is 14.8 Å². The van der Waals surface area contributed by atoms with E-state index >= 15 is 0 Å². The van der Waals surface area contributed by atoms with Crippen LogP contribution >= 0.6 is 0 Å². The number of quaternary nitrogens is 1. The quantitative estimate of drug-likeness (QED) is 0.450. The number of fused-ring (bicyclic) bond motifs is 1. The van der Waals surface area contributed by atoms with E-state index in [-0.39, 0.29) is 17.2 Å². The van der Waals surface area contributed by atoms with Gasteiger partial charge in [0.15, 0.2) is 27.4 Å². The molecule has 4 rings (SSSR count). The molecular formula is C24H27N2O7S+. The van der Waals surface area contributed by atoms with Gasteiger partial charge in [-0.05, 0) is 50.1 Å². The third-order valence-electron chi connectivity index (χ3n) is 6.05. The topological polar surface area (TPSA) is 116 Å². The van der Waals surface area contributed by atoms with E-state index in [1.165, 1.54) is 25.3 Å². The van der Waals surface area contributed by atoms with Crippen LogP contribution in [0, 0.1) is 0 Å². The Morgan fingerprint density at radius 1 is 1.09 bits per heavy atom. The molecule has 2 aromatic carbocycles. The molecule has 0 aromatic heterocycles. The van der Waals surface area contributed by atoms with Gasteiger partial charge in [0.05, 0.1) is 24.8 Å². The average Bonchev–Trinajstić information content (AvgIpc) is 3.58. The second-order valence-electron chi connectivity index (χ2n) is 8.55. The number of carbonyl (C=O) groups excluding carboxylic acids is 3. The van der Waals surface area contributed by atoms with Crippen molar-refractivity contribution in [1.29, 1.82) is 0 Å². The molecule has 34 heavy (non-hydrogen) atoms. The molecule has 1 fully saturated rings. The fourth-order valence-electron chi connectivity index (χ4n) is 4.33. The van der Waals surface area contributed by atoms with E-state index in [1.54, 1.807) is 31.2 Å². The summed E-state index contributed by atoms with van der Waals surface area (Å²) in [5.74, 6) is -1.38. The van der Waals surface area contributed by atoms with Crippen molar-refractivity contribution < 1.29 is 36.8 Å². The maximum atomic E-state index is 13.8. The standard InChI is InChI=1S/C24H26N2O7S/c1-4-33-21-13-15(9-12-20(21)32-2)19(14-34(3,30)31)26(24(29)25-16-10-11-16)22(27)17-7-5-6-8-18(17)23(26)28/h5-9,12-13,16,19H,4,10-11,14H2,1-3H3/p+1. The fraction of sp³-hybridized carbons (Fsp3) is 0.375. The number of amides is 4. The summed E-state index contributed by atoms with van der Waals surface area (Å²) in [5, 5.41) is 2.77. The molecule has 0 saturated heterocycles. The SMILES string of the molecule is CCOc1cc(C(CS(C)(=O)=O)[N+]2(C(=O)NC3CC3)C(=O)c3ccccc3C2=O)ccc1OC. The van der Waals surface area contributed by atoms with Gasteiger partial charge in [-0.2, -0.15) is 0 Å². The summed E-state index contributed by atoms with van der Waals surface area (Å²) in [6.07, 6.45) is 2.48. The number of carbonyl (C=O) groups is 3. The van der Waals surface area contributed by atoms with E-state index in [0.717, 1.165) is 19.1 Å². The molecule has 1 saturated carbocycles. The van der Waals surface area contributed by atoms with E-state index < -0.39 is 44.0 Å². The molecule has 9 nitrogen and oxygen atoms in total. The molecule has 1 unspecified atom stereocenters. The number of nitrogens with one attached hydrogen (secondary N) is 1. The van der Waals surface area contributed by atoms with Gasteiger partial charge in [-0.3, -0.25) is 0 Å². The Labute approximate surface area is 198 Å². The van der Waals surface area contributed by atoms with Gasteiger partial charge >= 0.3 is 17.8 Å². The Bertz CT molecular complexity index is 1230. The number of rotatable bonds is 8. The highest BCUT2D eigenvalue weighted by Gasteiger charge is 2.65. The first-order chi connectivity index (χ1) is 16.1. The van der Waals surface area contributed by atoms with Crippen LogP contribution in [0.5, 0.6) is 11.5 Å². The lowest BCUT2D eigenvalue weighted by Gasteiger charge is -2.34. The summed E-state index contributed by atoms with van der Waals surface area (Å²) in [4.78, 5) is 41.4. The molecule has 2 aliphatic rings. The van der Waals surface area contributed by atoms with Gasteiger partial charge in [-0.15, -0.1) is 0 Å². The van der Waals surface area contributed by atoms with Gasteiger partial charge in [-0.1, -0.05) is 16.6 Å². The minimum Gasteiger partial charge on any atom is -0.493 e. The van der Waals surface area contributed by atoms with Crippen molar-refractivity contribution in [2.24, 2.45) is 0 Å². The molecule has 0 bridgehead atoms. The van der Waals surface area contributed by atoms with Crippen LogP contribution in [0.4, 0.5) is 4.79 Å². The molecule has 10 heteroatoms. The third-order valence-corrected chi connectivity index (χ3v) is 6.98. The lowest BCUT2D eigenvalue weighted by Crippen LogP contribution is -2.64. The molecule has 1 atom stereocenters. The molecule has 1 aliphatic heterocycles. The fourth-order valence-corrected chi connectivity index (χ4v) is 5.32. The first kappa shape index (κ1) is 23.9. The zero-order valence-electron chi connectivity index (χ0n) is 19.2. The minimum atomic E-state index is -3.74. The number of urea groups is 1. The lowest BCUT2D eigenvalue weighted by atomic mass is 10.0. The summed E-state index contributed by atoms with van der Waals surface area (Å²) in [6, 6.07) is 8.54. The maximum absolute atomic E-state index is 13.8. The molecule has 4 amide bonds. The summed E-state index contributed by atoms with van der Waals surface area (Å²) in [5.41, 5.74) is 0.487. The van der Waals surface area contributed by atoms with E-state index in [1.807, 2.05) is 0 Å². The largest absolute Gasteiger partial charge is 0.493 e. The minimum absolute atomic E-state index is 0.0930. The Balaban J connectivity index is 1.96. The summed E-state index contributed by atoms with van der Waals surface area (Å²) >= 11 is 0. The number of hydrogen-bond acceptors (Lipinski definition) is 7. The predicted octanol–water partition coefficient (Wildman–Crippen LogP) is 2.86. The number of imide groups is 3. The number of hydrogen-bond donors (Lipinski definition) is 1. The Morgan fingerprint density at radius 3 is 2.21 bits per heavy atom. The van der Waals surface area contributed by atoms with Gasteiger partial charge in [0.1, 0.15) is 5.75 Å². The van der Waals surface area contributed by atoms with Gasteiger partial charge in [0, 0.05) is 17.9 Å². The molecule has 180 valence electrons. The molecule has 0 spiro atoms. The molecule has 0 radical (unpaired) electrons.